The van der Waals surface area contributed by atoms with Gasteiger partial charge in [-0.05, 0) is 90.6 Å². The smallest absolute Gasteiger partial charge is 0.497 e. The Hall–Kier alpha value is -4.52. The Kier molecular flexibility index (Phi) is 9.68. The van der Waals surface area contributed by atoms with Gasteiger partial charge >= 0.3 is 6.36 Å². The van der Waals surface area contributed by atoms with Gasteiger partial charge in [-0.2, -0.15) is 0 Å². The summed E-state index contributed by atoms with van der Waals surface area (Å²) in [6, 6.07) is 19.1. The van der Waals surface area contributed by atoms with E-state index in [0.717, 1.165) is 41.8 Å². The van der Waals surface area contributed by atoms with Gasteiger partial charge in [-0.15, -0.1) is 30.0 Å². The van der Waals surface area contributed by atoms with Crippen molar-refractivity contribution in [1.82, 2.24) is 20.1 Å². The van der Waals surface area contributed by atoms with Gasteiger partial charge in [0.05, 0.1) is 24.2 Å². The minimum atomic E-state index is -4.75. The molecule has 1 aliphatic carbocycles. The van der Waals surface area contributed by atoms with Crippen molar-refractivity contribution in [2.24, 2.45) is 5.92 Å². The van der Waals surface area contributed by atoms with E-state index in [1.807, 2.05) is 30.3 Å². The number of aromatic nitrogens is 3. The third-order valence-corrected chi connectivity index (χ3v) is 9.81. The Morgan fingerprint density at radius 2 is 1.77 bits per heavy atom. The molecule has 3 atom stereocenters. The minimum Gasteiger partial charge on any atom is -0.497 e. The Labute approximate surface area is 280 Å². The number of rotatable bonds is 10. The Bertz CT molecular complexity index is 1760. The van der Waals surface area contributed by atoms with Crippen LogP contribution >= 0.6 is 11.8 Å². The number of anilines is 1. The quantitative estimate of drug-likeness (QED) is 0.186. The maximum Gasteiger partial charge on any atom is 0.573 e. The highest BCUT2D eigenvalue weighted by Crippen LogP contribution is 2.41. The van der Waals surface area contributed by atoms with Crippen LogP contribution in [0.1, 0.15) is 62.5 Å². The van der Waals surface area contributed by atoms with E-state index >= 15 is 0 Å². The van der Waals surface area contributed by atoms with Gasteiger partial charge < -0.3 is 14.8 Å². The molecule has 0 bridgehead atoms. The number of benzene rings is 3. The van der Waals surface area contributed by atoms with Crippen LogP contribution in [0.15, 0.2) is 73.1 Å². The fourth-order valence-corrected chi connectivity index (χ4v) is 7.41. The first kappa shape index (κ1) is 33.4. The average molecular weight is 680 g/mol. The molecule has 0 spiro atoms. The molecule has 48 heavy (non-hydrogen) atoms. The molecule has 1 aromatic heterocycles. The Morgan fingerprint density at radius 1 is 1.04 bits per heavy atom. The number of alkyl halides is 3. The van der Waals surface area contributed by atoms with Gasteiger partial charge in [0.2, 0.25) is 11.8 Å². The number of hydrogen-bond acceptors (Lipinski definition) is 7. The van der Waals surface area contributed by atoms with Crippen LogP contribution < -0.4 is 19.7 Å². The molecule has 2 heterocycles. The van der Waals surface area contributed by atoms with Crippen LogP contribution in [-0.4, -0.2) is 51.3 Å². The van der Waals surface area contributed by atoms with Crippen LogP contribution in [0.2, 0.25) is 0 Å². The predicted molar refractivity (Wildman–Crippen MR) is 177 cm³/mol. The van der Waals surface area contributed by atoms with Crippen LogP contribution in [0.3, 0.4) is 0 Å². The van der Waals surface area contributed by atoms with Crippen LogP contribution in [-0.2, 0) is 9.59 Å². The summed E-state index contributed by atoms with van der Waals surface area (Å²) in [5.74, 6) is 1.86. The van der Waals surface area contributed by atoms with Crippen molar-refractivity contribution < 1.29 is 32.2 Å². The molecule has 9 nitrogen and oxygen atoms in total. The van der Waals surface area contributed by atoms with Crippen molar-refractivity contribution in [3.8, 4) is 28.6 Å². The number of ether oxygens (including phenoxy) is 2. The highest BCUT2D eigenvalue weighted by Gasteiger charge is 2.37. The zero-order chi connectivity index (χ0) is 34.0. The molecule has 1 saturated heterocycles. The third kappa shape index (κ3) is 7.61. The summed E-state index contributed by atoms with van der Waals surface area (Å²) in [6.45, 7) is 4.14. The second-order valence-corrected chi connectivity index (χ2v) is 13.4. The second-order valence-electron chi connectivity index (χ2n) is 12.3. The maximum absolute atomic E-state index is 13.2. The SMILES string of the molecule is COc1ccc(N2C(=O)CSC2NC(=O)CC2CCC(c3ccc(-c4ncn(-c5ccc(OC(F)(F)F)cc5)n4)cc3)C2)c(C(C)C)c1. The van der Waals surface area contributed by atoms with Gasteiger partial charge in [0.1, 0.15) is 17.8 Å². The van der Waals surface area contributed by atoms with Gasteiger partial charge in [-0.1, -0.05) is 38.1 Å². The molecule has 1 N–H and O–H groups in total. The highest BCUT2D eigenvalue weighted by molar-refractivity contribution is 8.01. The molecule has 2 fully saturated rings. The molecule has 2 amide bonds. The molecule has 6 rings (SSSR count). The number of nitrogens with one attached hydrogen (secondary N) is 1. The van der Waals surface area contributed by atoms with E-state index < -0.39 is 11.9 Å². The number of amides is 2. The number of nitrogens with zero attached hydrogens (tertiary/aromatic N) is 4. The predicted octanol–water partition coefficient (Wildman–Crippen LogP) is 7.42. The number of carbonyl (C=O) groups is 2. The Morgan fingerprint density at radius 3 is 2.46 bits per heavy atom. The molecular weight excluding hydrogens is 643 g/mol. The average Bonchev–Trinajstić information content (AvgIpc) is 3.81. The minimum absolute atomic E-state index is 0.0303. The van der Waals surface area contributed by atoms with Crippen molar-refractivity contribution in [3.63, 3.8) is 0 Å². The van der Waals surface area contributed by atoms with Crippen molar-refractivity contribution >= 4 is 29.3 Å². The fraction of sp³-hybridized carbons (Fsp3) is 0.371. The lowest BCUT2D eigenvalue weighted by molar-refractivity contribution is -0.274. The molecule has 0 radical (unpaired) electrons. The van der Waals surface area contributed by atoms with Crippen LogP contribution in [0.5, 0.6) is 11.5 Å². The van der Waals surface area contributed by atoms with Crippen molar-refractivity contribution in [3.05, 3.63) is 84.2 Å². The molecule has 3 aromatic carbocycles. The summed E-state index contributed by atoms with van der Waals surface area (Å²) >= 11 is 1.43. The third-order valence-electron chi connectivity index (χ3n) is 8.75. The lowest BCUT2D eigenvalue weighted by Crippen LogP contribution is -2.45. The summed E-state index contributed by atoms with van der Waals surface area (Å²) < 4.78 is 48.2. The maximum atomic E-state index is 13.2. The standard InChI is InChI=1S/C35H36F3N5O4S/c1-21(2)29-18-28(46-3)14-15-30(29)43-32(45)19-48-34(43)40-31(44)17-22-4-5-25(16-22)23-6-8-24(9-7-23)33-39-20-42(41-33)26-10-12-27(13-11-26)47-35(36,37)38/h6-15,18,20-22,25,34H,4-5,16-17,19H2,1-3H3,(H,40,44). The molecule has 2 aliphatic rings. The first-order chi connectivity index (χ1) is 23.0. The van der Waals surface area contributed by atoms with Crippen molar-refractivity contribution in [2.45, 2.75) is 63.2 Å². The van der Waals surface area contributed by atoms with Gasteiger partial charge in [-0.3, -0.25) is 14.5 Å². The molecule has 13 heteroatoms. The van der Waals surface area contributed by atoms with Gasteiger partial charge in [0, 0.05) is 12.0 Å². The van der Waals surface area contributed by atoms with Crippen LogP contribution in [0.4, 0.5) is 18.9 Å². The molecule has 252 valence electrons. The van der Waals surface area contributed by atoms with Crippen LogP contribution in [0, 0.1) is 5.92 Å². The largest absolute Gasteiger partial charge is 0.573 e. The zero-order valence-electron chi connectivity index (χ0n) is 26.7. The molecule has 1 saturated carbocycles. The summed E-state index contributed by atoms with van der Waals surface area (Å²) in [6.07, 6.45) is -0.0325. The summed E-state index contributed by atoms with van der Waals surface area (Å²) in [5, 5.41) is 7.60. The first-order valence-corrected chi connectivity index (χ1v) is 16.8. The monoisotopic (exact) mass is 679 g/mol. The van der Waals surface area contributed by atoms with Crippen molar-refractivity contribution in [1.29, 1.82) is 0 Å². The zero-order valence-corrected chi connectivity index (χ0v) is 27.6. The number of thioether (sulfide) groups is 1. The number of hydrogen-bond donors (Lipinski definition) is 1. The van der Waals surface area contributed by atoms with E-state index in [0.29, 0.717) is 29.6 Å². The first-order valence-electron chi connectivity index (χ1n) is 15.8. The van der Waals surface area contributed by atoms with Gasteiger partial charge in [-0.25, -0.2) is 9.67 Å². The topological polar surface area (TPSA) is 98.6 Å². The number of methoxy groups -OCH3 is 1. The fourth-order valence-electron chi connectivity index (χ4n) is 6.38. The molecule has 4 aromatic rings. The van der Waals surface area contributed by atoms with Crippen molar-refractivity contribution in [2.75, 3.05) is 17.8 Å². The van der Waals surface area contributed by atoms with E-state index in [1.54, 1.807) is 12.0 Å². The van der Waals surface area contributed by atoms with E-state index in [4.69, 9.17) is 4.74 Å². The second kappa shape index (κ2) is 13.9. The number of carbonyl (C=O) groups excluding carboxylic acids is 2. The van der Waals surface area contributed by atoms with E-state index in [-0.39, 0.29) is 29.4 Å². The van der Waals surface area contributed by atoms with Gasteiger partial charge in [0.15, 0.2) is 11.3 Å². The highest BCUT2D eigenvalue weighted by atomic mass is 32.2. The van der Waals surface area contributed by atoms with E-state index in [2.05, 4.69) is 46.1 Å². The lowest BCUT2D eigenvalue weighted by Gasteiger charge is -2.28. The normalized spacial score (nSPS) is 19.6. The summed E-state index contributed by atoms with van der Waals surface area (Å²) in [4.78, 5) is 32.3. The molecule has 1 aliphatic heterocycles. The molecule has 3 unspecified atom stereocenters. The molecular formula is C35H36F3N5O4S. The van der Waals surface area contributed by atoms with E-state index in [1.165, 1.54) is 52.6 Å². The summed E-state index contributed by atoms with van der Waals surface area (Å²) in [5.41, 5.74) is 3.88. The van der Waals surface area contributed by atoms with E-state index in [9.17, 15) is 22.8 Å². The summed E-state index contributed by atoms with van der Waals surface area (Å²) in [7, 11) is 1.62. The van der Waals surface area contributed by atoms with Gasteiger partial charge in [0.25, 0.3) is 0 Å². The Balaban J connectivity index is 1.04. The van der Waals surface area contributed by atoms with Crippen LogP contribution in [0.25, 0.3) is 17.1 Å². The lowest BCUT2D eigenvalue weighted by atomic mass is 9.94. The number of halogens is 3.